The molecule has 0 aliphatic carbocycles. The third kappa shape index (κ3) is 10.3. The van der Waals surface area contributed by atoms with Crippen molar-refractivity contribution in [3.05, 3.63) is 35.9 Å². The van der Waals surface area contributed by atoms with Crippen LogP contribution >= 0.6 is 0 Å². The lowest BCUT2D eigenvalue weighted by Crippen LogP contribution is -2.56. The molecule has 4 amide bonds. The summed E-state index contributed by atoms with van der Waals surface area (Å²) in [5.41, 5.74) is 4.97. The van der Waals surface area contributed by atoms with Crippen molar-refractivity contribution >= 4 is 17.8 Å². The molecule has 1 aromatic carbocycles. The Labute approximate surface area is 211 Å². The van der Waals surface area contributed by atoms with Gasteiger partial charge in [0.1, 0.15) is 0 Å². The molecule has 5 N–H and O–H groups in total. The van der Waals surface area contributed by atoms with E-state index in [0.29, 0.717) is 18.9 Å². The van der Waals surface area contributed by atoms with Crippen molar-refractivity contribution in [2.75, 3.05) is 13.1 Å². The van der Waals surface area contributed by atoms with Crippen molar-refractivity contribution in [1.82, 2.24) is 15.5 Å². The number of hydrogen-bond acceptors (Lipinski definition) is 4. The van der Waals surface area contributed by atoms with Crippen molar-refractivity contribution in [1.29, 1.82) is 0 Å². The number of hydrogen-bond donors (Lipinski definition) is 4. The van der Waals surface area contributed by atoms with E-state index in [1.807, 2.05) is 51.1 Å². The first-order chi connectivity index (χ1) is 16.0. The first-order valence-electron chi connectivity index (χ1n) is 12.4. The van der Waals surface area contributed by atoms with Crippen molar-refractivity contribution < 1.29 is 19.5 Å². The standard InChI is InChI=1S/C27H46N4O4/c1-18(2)14-15-31(25(35)30-26(4,5)6)17-22(32)21(16-20-12-10-9-11-13-20)29-23(33)19(3)27(7,8)24(28)34/h9-13,18-19,21-22,32H,14-17H2,1-8H3,(H2,28,34)(H,29,33)(H,30,35)/t19-,21-,22?/m0/s1. The SMILES string of the molecule is CC(C)CCN(CC(O)[C@H](Cc1ccccc1)NC(=O)[C@H](C)C(C)(C)C(N)=O)C(=O)NC(C)(C)C. The number of rotatable bonds is 12. The molecule has 198 valence electrons. The number of nitrogens with two attached hydrogens (primary N) is 1. The van der Waals surface area contributed by atoms with E-state index in [1.54, 1.807) is 25.7 Å². The minimum absolute atomic E-state index is 0.0556. The Morgan fingerprint density at radius 2 is 1.60 bits per heavy atom. The van der Waals surface area contributed by atoms with Gasteiger partial charge in [0.15, 0.2) is 0 Å². The van der Waals surface area contributed by atoms with Crippen molar-refractivity contribution in [3.8, 4) is 0 Å². The maximum absolute atomic E-state index is 13.1. The van der Waals surface area contributed by atoms with E-state index >= 15 is 0 Å². The average Bonchev–Trinajstić information content (AvgIpc) is 2.74. The van der Waals surface area contributed by atoms with Gasteiger partial charge in [0.05, 0.1) is 24.1 Å². The van der Waals surface area contributed by atoms with E-state index in [-0.39, 0.29) is 18.5 Å². The summed E-state index contributed by atoms with van der Waals surface area (Å²) in [6, 6.07) is 8.60. The predicted molar refractivity (Wildman–Crippen MR) is 140 cm³/mol. The number of nitrogens with one attached hydrogen (secondary N) is 2. The van der Waals surface area contributed by atoms with E-state index < -0.39 is 34.9 Å². The summed E-state index contributed by atoms with van der Waals surface area (Å²) in [7, 11) is 0. The molecule has 0 bridgehead atoms. The third-order valence-corrected chi connectivity index (χ3v) is 6.35. The number of carbonyl (C=O) groups excluding carboxylic acids is 3. The van der Waals surface area contributed by atoms with Crippen LogP contribution in [-0.4, -0.2) is 58.6 Å². The van der Waals surface area contributed by atoms with Crippen LogP contribution in [0.25, 0.3) is 0 Å². The van der Waals surface area contributed by atoms with Gasteiger partial charge in [0.2, 0.25) is 11.8 Å². The number of aliphatic hydroxyl groups excluding tert-OH is 1. The highest BCUT2D eigenvalue weighted by atomic mass is 16.3. The van der Waals surface area contributed by atoms with Crippen molar-refractivity contribution in [3.63, 3.8) is 0 Å². The van der Waals surface area contributed by atoms with Crippen LogP contribution in [0, 0.1) is 17.3 Å². The smallest absolute Gasteiger partial charge is 0.317 e. The van der Waals surface area contributed by atoms with Crippen LogP contribution in [0.3, 0.4) is 0 Å². The minimum Gasteiger partial charge on any atom is -0.389 e. The second kappa shape index (κ2) is 12.9. The Morgan fingerprint density at radius 3 is 2.09 bits per heavy atom. The quantitative estimate of drug-likeness (QED) is 0.359. The van der Waals surface area contributed by atoms with Crippen LogP contribution in [0.1, 0.15) is 67.4 Å². The van der Waals surface area contributed by atoms with Gasteiger partial charge in [-0.15, -0.1) is 0 Å². The summed E-state index contributed by atoms with van der Waals surface area (Å²) >= 11 is 0. The van der Waals surface area contributed by atoms with Gasteiger partial charge in [0.25, 0.3) is 0 Å². The van der Waals surface area contributed by atoms with E-state index in [0.717, 1.165) is 12.0 Å². The molecular formula is C27H46N4O4. The molecule has 0 saturated heterocycles. The maximum Gasteiger partial charge on any atom is 0.317 e. The molecule has 0 radical (unpaired) electrons. The van der Waals surface area contributed by atoms with Crippen molar-refractivity contribution in [2.45, 2.75) is 85.9 Å². The summed E-state index contributed by atoms with van der Waals surface area (Å²) in [4.78, 5) is 39.6. The zero-order valence-corrected chi connectivity index (χ0v) is 22.7. The lowest BCUT2D eigenvalue weighted by atomic mass is 9.78. The molecule has 0 aliphatic heterocycles. The van der Waals surface area contributed by atoms with Gasteiger partial charge < -0.3 is 26.4 Å². The molecule has 0 saturated carbocycles. The predicted octanol–water partition coefficient (Wildman–Crippen LogP) is 3.08. The van der Waals surface area contributed by atoms with Crippen LogP contribution in [0.2, 0.25) is 0 Å². The highest BCUT2D eigenvalue weighted by Crippen LogP contribution is 2.26. The van der Waals surface area contributed by atoms with Crippen LogP contribution < -0.4 is 16.4 Å². The Balaban J connectivity index is 3.15. The molecule has 0 aliphatic rings. The Hall–Kier alpha value is -2.61. The van der Waals surface area contributed by atoms with E-state index in [4.69, 9.17) is 5.73 Å². The molecule has 1 rings (SSSR count). The largest absolute Gasteiger partial charge is 0.389 e. The van der Waals surface area contributed by atoms with Crippen LogP contribution in [0.15, 0.2) is 30.3 Å². The molecule has 3 atom stereocenters. The molecule has 1 unspecified atom stereocenters. The number of aliphatic hydroxyl groups is 1. The van der Waals surface area contributed by atoms with Gasteiger partial charge in [-0.05, 0) is 45.1 Å². The summed E-state index contributed by atoms with van der Waals surface area (Å²) in [5, 5.41) is 17.2. The summed E-state index contributed by atoms with van der Waals surface area (Å²) in [6.07, 6.45) is 0.126. The topological polar surface area (TPSA) is 125 Å². The van der Waals surface area contributed by atoms with Gasteiger partial charge in [-0.3, -0.25) is 9.59 Å². The first kappa shape index (κ1) is 30.4. The second-order valence-electron chi connectivity index (χ2n) is 11.5. The number of benzene rings is 1. The number of primary amides is 1. The maximum atomic E-state index is 13.1. The van der Waals surface area contributed by atoms with Crippen LogP contribution in [0.4, 0.5) is 4.79 Å². The van der Waals surface area contributed by atoms with E-state index in [2.05, 4.69) is 24.5 Å². The molecular weight excluding hydrogens is 444 g/mol. The summed E-state index contributed by atoms with van der Waals surface area (Å²) < 4.78 is 0. The Bertz CT molecular complexity index is 833. The number of carbonyl (C=O) groups is 3. The fourth-order valence-electron chi connectivity index (χ4n) is 3.44. The summed E-state index contributed by atoms with van der Waals surface area (Å²) in [5.74, 6) is -1.26. The molecule has 8 nitrogen and oxygen atoms in total. The normalized spacial score (nSPS) is 14.7. The first-order valence-corrected chi connectivity index (χ1v) is 12.4. The number of amides is 4. The molecule has 0 aromatic heterocycles. The molecule has 0 spiro atoms. The van der Waals surface area contributed by atoms with E-state index in [1.165, 1.54) is 0 Å². The second-order valence-corrected chi connectivity index (χ2v) is 11.5. The van der Waals surface area contributed by atoms with Gasteiger partial charge in [-0.25, -0.2) is 4.79 Å². The lowest BCUT2D eigenvalue weighted by Gasteiger charge is -2.34. The average molecular weight is 491 g/mol. The van der Waals surface area contributed by atoms with Crippen molar-refractivity contribution in [2.24, 2.45) is 23.0 Å². The van der Waals surface area contributed by atoms with Gasteiger partial charge in [-0.2, -0.15) is 0 Å². The zero-order valence-electron chi connectivity index (χ0n) is 22.7. The Kier molecular flexibility index (Phi) is 11.2. The molecule has 0 heterocycles. The van der Waals surface area contributed by atoms with Gasteiger partial charge in [-0.1, -0.05) is 65.0 Å². The fourth-order valence-corrected chi connectivity index (χ4v) is 3.44. The van der Waals surface area contributed by atoms with Gasteiger partial charge in [0, 0.05) is 18.0 Å². The molecule has 8 heteroatoms. The molecule has 35 heavy (non-hydrogen) atoms. The summed E-state index contributed by atoms with van der Waals surface area (Å²) in [6.45, 7) is 15.3. The third-order valence-electron chi connectivity index (χ3n) is 6.35. The number of nitrogens with zero attached hydrogens (tertiary/aromatic N) is 1. The minimum atomic E-state index is -1.05. The Morgan fingerprint density at radius 1 is 1.03 bits per heavy atom. The van der Waals surface area contributed by atoms with Gasteiger partial charge >= 0.3 is 6.03 Å². The van der Waals surface area contributed by atoms with Crippen LogP contribution in [0.5, 0.6) is 0 Å². The lowest BCUT2D eigenvalue weighted by molar-refractivity contribution is -0.138. The fraction of sp³-hybridized carbons (Fsp3) is 0.667. The highest BCUT2D eigenvalue weighted by molar-refractivity contribution is 5.89. The van der Waals surface area contributed by atoms with Crippen LogP contribution in [-0.2, 0) is 16.0 Å². The highest BCUT2D eigenvalue weighted by Gasteiger charge is 2.38. The molecule has 1 aromatic rings. The van der Waals surface area contributed by atoms with E-state index in [9.17, 15) is 19.5 Å². The molecule has 0 fully saturated rings. The number of urea groups is 1. The monoisotopic (exact) mass is 490 g/mol. The zero-order chi connectivity index (χ0) is 27.0.